The van der Waals surface area contributed by atoms with Crippen molar-refractivity contribution in [3.63, 3.8) is 0 Å². The summed E-state index contributed by atoms with van der Waals surface area (Å²) in [6, 6.07) is 11.4. The molecule has 0 bridgehead atoms. The first-order chi connectivity index (χ1) is 15.6. The highest BCUT2D eigenvalue weighted by molar-refractivity contribution is 5.91. The van der Waals surface area contributed by atoms with E-state index in [0.717, 1.165) is 17.7 Å². The number of alkyl halides is 3. The third-order valence-electron chi connectivity index (χ3n) is 5.35. The Balaban J connectivity index is 1.63. The Bertz CT molecular complexity index is 998. The van der Waals surface area contributed by atoms with E-state index in [1.165, 1.54) is 17.0 Å². The first-order valence-electron chi connectivity index (χ1n) is 10.4. The number of nitrogens with zero attached hydrogens (tertiary/aromatic N) is 1. The third kappa shape index (κ3) is 6.47. The van der Waals surface area contributed by atoms with Crippen molar-refractivity contribution in [2.75, 3.05) is 6.54 Å². The molecule has 2 aromatic rings. The van der Waals surface area contributed by atoms with Gasteiger partial charge in [-0.1, -0.05) is 48.5 Å². The van der Waals surface area contributed by atoms with Gasteiger partial charge in [0, 0.05) is 13.0 Å². The number of rotatable bonds is 7. The zero-order valence-electron chi connectivity index (χ0n) is 17.7. The van der Waals surface area contributed by atoms with Gasteiger partial charge < -0.3 is 15.8 Å². The van der Waals surface area contributed by atoms with Crippen LogP contribution in [0.15, 0.2) is 54.6 Å². The van der Waals surface area contributed by atoms with E-state index in [4.69, 9.17) is 10.5 Å². The van der Waals surface area contributed by atoms with Crippen molar-refractivity contribution in [2.24, 2.45) is 5.73 Å². The molecule has 2 aromatic carbocycles. The maximum Gasteiger partial charge on any atom is 0.416 e. The van der Waals surface area contributed by atoms with Crippen molar-refractivity contribution >= 4 is 17.9 Å². The van der Waals surface area contributed by atoms with Crippen molar-refractivity contribution in [1.29, 1.82) is 0 Å². The van der Waals surface area contributed by atoms with Gasteiger partial charge in [0.25, 0.3) is 0 Å². The van der Waals surface area contributed by atoms with Gasteiger partial charge in [0.05, 0.1) is 5.56 Å². The Hall–Kier alpha value is -3.56. The van der Waals surface area contributed by atoms with Crippen molar-refractivity contribution in [2.45, 2.75) is 44.1 Å². The number of ether oxygens (including phenoxy) is 1. The average Bonchev–Trinajstić information content (AvgIpc) is 3.27. The second-order valence-electron chi connectivity index (χ2n) is 7.76. The van der Waals surface area contributed by atoms with Crippen LogP contribution in [0, 0.1) is 0 Å². The van der Waals surface area contributed by atoms with E-state index in [0.29, 0.717) is 19.4 Å². The highest BCUT2D eigenvalue weighted by atomic mass is 19.4. The third-order valence-corrected chi connectivity index (χ3v) is 5.35. The fourth-order valence-electron chi connectivity index (χ4n) is 3.66. The molecule has 0 spiro atoms. The summed E-state index contributed by atoms with van der Waals surface area (Å²) in [5, 5.41) is 2.48. The normalized spacial score (nSPS) is 16.8. The minimum Gasteiger partial charge on any atom is -0.445 e. The van der Waals surface area contributed by atoms with Crippen molar-refractivity contribution in [3.05, 3.63) is 71.3 Å². The Morgan fingerprint density at radius 1 is 1.09 bits per heavy atom. The molecular weight excluding hydrogens is 439 g/mol. The van der Waals surface area contributed by atoms with Gasteiger partial charge in [0.2, 0.25) is 11.8 Å². The number of primary amides is 1. The number of nitrogens with one attached hydrogen (secondary N) is 1. The van der Waals surface area contributed by atoms with Crippen LogP contribution >= 0.6 is 0 Å². The predicted molar refractivity (Wildman–Crippen MR) is 113 cm³/mol. The molecule has 0 unspecified atom stereocenters. The topological polar surface area (TPSA) is 102 Å². The van der Waals surface area contributed by atoms with E-state index in [-0.39, 0.29) is 18.6 Å². The summed E-state index contributed by atoms with van der Waals surface area (Å²) in [4.78, 5) is 38.5. The van der Waals surface area contributed by atoms with Crippen LogP contribution in [-0.2, 0) is 33.5 Å². The van der Waals surface area contributed by atoms with Gasteiger partial charge in [0.1, 0.15) is 18.7 Å². The van der Waals surface area contributed by atoms with E-state index in [1.807, 2.05) is 18.2 Å². The van der Waals surface area contributed by atoms with Crippen molar-refractivity contribution < 1.29 is 32.3 Å². The molecule has 1 saturated heterocycles. The smallest absolute Gasteiger partial charge is 0.416 e. The van der Waals surface area contributed by atoms with Gasteiger partial charge in [-0.05, 0) is 30.0 Å². The van der Waals surface area contributed by atoms with Gasteiger partial charge in [-0.3, -0.25) is 14.5 Å². The summed E-state index contributed by atoms with van der Waals surface area (Å²) in [7, 11) is 0. The SMILES string of the molecule is NC(=O)[C@@H](Cc1cccc(C(F)(F)F)c1)NC(=O)[C@H]1CCCN1C(=O)OCc1ccccc1. The number of likely N-dealkylation sites (tertiary alicyclic amines) is 1. The lowest BCUT2D eigenvalue weighted by molar-refractivity contribution is -0.137. The van der Waals surface area contributed by atoms with Crippen molar-refractivity contribution in [1.82, 2.24) is 10.2 Å². The van der Waals surface area contributed by atoms with E-state index < -0.39 is 41.7 Å². The molecule has 0 aromatic heterocycles. The zero-order chi connectivity index (χ0) is 24.0. The second-order valence-corrected chi connectivity index (χ2v) is 7.76. The standard InChI is InChI=1S/C23H24F3N3O4/c24-23(25,26)17-9-4-8-16(12-17)13-18(20(27)30)28-21(31)19-10-5-11-29(19)22(32)33-14-15-6-2-1-3-7-15/h1-4,6-9,12,18-19H,5,10-11,13-14H2,(H2,27,30)(H,28,31)/t18-,19-/m1/s1. The zero-order valence-corrected chi connectivity index (χ0v) is 17.7. The Morgan fingerprint density at radius 3 is 2.45 bits per heavy atom. The largest absolute Gasteiger partial charge is 0.445 e. The number of nitrogens with two attached hydrogens (primary N) is 1. The van der Waals surface area contributed by atoms with E-state index in [9.17, 15) is 27.6 Å². The van der Waals surface area contributed by atoms with Crippen LogP contribution in [0.4, 0.5) is 18.0 Å². The molecule has 3 N–H and O–H groups in total. The van der Waals surface area contributed by atoms with Crippen LogP contribution in [-0.4, -0.2) is 41.4 Å². The fraction of sp³-hybridized carbons (Fsp3) is 0.348. The Kier molecular flexibility index (Phi) is 7.57. The number of hydrogen-bond donors (Lipinski definition) is 2. The first-order valence-corrected chi connectivity index (χ1v) is 10.4. The van der Waals surface area contributed by atoms with E-state index in [1.54, 1.807) is 12.1 Å². The van der Waals surface area contributed by atoms with Crippen LogP contribution in [0.2, 0.25) is 0 Å². The van der Waals surface area contributed by atoms with Crippen LogP contribution < -0.4 is 11.1 Å². The maximum atomic E-state index is 13.0. The van der Waals surface area contributed by atoms with E-state index >= 15 is 0 Å². The van der Waals surface area contributed by atoms with Gasteiger partial charge in [-0.2, -0.15) is 13.2 Å². The molecule has 0 saturated carbocycles. The minimum absolute atomic E-state index is 0.0456. The van der Waals surface area contributed by atoms with Crippen LogP contribution in [0.3, 0.4) is 0 Å². The molecule has 0 aliphatic carbocycles. The molecule has 33 heavy (non-hydrogen) atoms. The molecule has 0 radical (unpaired) electrons. The van der Waals surface area contributed by atoms with Gasteiger partial charge in [-0.25, -0.2) is 4.79 Å². The molecule has 1 heterocycles. The number of carbonyl (C=O) groups is 3. The van der Waals surface area contributed by atoms with Crippen LogP contribution in [0.5, 0.6) is 0 Å². The summed E-state index contributed by atoms with van der Waals surface area (Å²) in [5.41, 5.74) is 5.50. The maximum absolute atomic E-state index is 13.0. The molecule has 3 rings (SSSR count). The highest BCUT2D eigenvalue weighted by Gasteiger charge is 2.37. The van der Waals surface area contributed by atoms with Crippen LogP contribution in [0.1, 0.15) is 29.5 Å². The first kappa shape index (κ1) is 24.1. The minimum atomic E-state index is -4.54. The Labute approximate surface area is 188 Å². The molecule has 176 valence electrons. The fourth-order valence-corrected chi connectivity index (χ4v) is 3.66. The molecular formula is C23H24F3N3O4. The lowest BCUT2D eigenvalue weighted by Gasteiger charge is -2.25. The van der Waals surface area contributed by atoms with Crippen LogP contribution in [0.25, 0.3) is 0 Å². The molecule has 1 aliphatic heterocycles. The van der Waals surface area contributed by atoms with Crippen molar-refractivity contribution in [3.8, 4) is 0 Å². The average molecular weight is 463 g/mol. The number of amides is 3. The molecule has 3 amide bonds. The number of halogens is 3. The lowest BCUT2D eigenvalue weighted by atomic mass is 10.0. The van der Waals surface area contributed by atoms with Gasteiger partial charge >= 0.3 is 12.3 Å². The second kappa shape index (κ2) is 10.4. The quantitative estimate of drug-likeness (QED) is 0.659. The lowest BCUT2D eigenvalue weighted by Crippen LogP contribution is -2.53. The predicted octanol–water partition coefficient (Wildman–Crippen LogP) is 3.02. The number of carbonyl (C=O) groups excluding carboxylic acids is 3. The summed E-state index contributed by atoms with van der Waals surface area (Å²) < 4.78 is 44.2. The summed E-state index contributed by atoms with van der Waals surface area (Å²) in [6.07, 6.45) is -4.48. The molecule has 1 aliphatic rings. The number of hydrogen-bond acceptors (Lipinski definition) is 4. The molecule has 7 nitrogen and oxygen atoms in total. The summed E-state index contributed by atoms with van der Waals surface area (Å²) in [6.45, 7) is 0.352. The van der Waals surface area contributed by atoms with E-state index in [2.05, 4.69) is 5.32 Å². The molecule has 10 heteroatoms. The van der Waals surface area contributed by atoms with Gasteiger partial charge in [-0.15, -0.1) is 0 Å². The molecule has 1 fully saturated rings. The monoisotopic (exact) mass is 463 g/mol. The molecule has 2 atom stereocenters. The summed E-state index contributed by atoms with van der Waals surface area (Å²) in [5.74, 6) is -1.50. The Morgan fingerprint density at radius 2 is 1.79 bits per heavy atom. The van der Waals surface area contributed by atoms with Gasteiger partial charge in [0.15, 0.2) is 0 Å². The number of benzene rings is 2. The summed E-state index contributed by atoms with van der Waals surface area (Å²) >= 11 is 0. The highest BCUT2D eigenvalue weighted by Crippen LogP contribution is 2.29.